The zero-order chi connectivity index (χ0) is 24.2. The van der Waals surface area contributed by atoms with E-state index in [-0.39, 0.29) is 31.0 Å². The lowest BCUT2D eigenvalue weighted by Gasteiger charge is -2.23. The average Bonchev–Trinajstić information content (AvgIpc) is 3.35. The lowest BCUT2D eigenvalue weighted by atomic mass is 10.1. The number of nitrogens with zero attached hydrogens (tertiary/aromatic N) is 3. The normalized spacial score (nSPS) is 21.5. The van der Waals surface area contributed by atoms with Crippen molar-refractivity contribution in [1.82, 2.24) is 19.6 Å². The molecule has 2 fully saturated rings. The first-order valence-corrected chi connectivity index (χ1v) is 12.1. The van der Waals surface area contributed by atoms with E-state index in [0.29, 0.717) is 12.4 Å². The molecule has 180 valence electrons. The molecule has 0 spiro atoms. The minimum absolute atomic E-state index is 0.0749. The molecule has 2 N–H and O–H groups in total. The van der Waals surface area contributed by atoms with E-state index in [9.17, 15) is 22.8 Å². The maximum atomic E-state index is 13.3. The summed E-state index contributed by atoms with van der Waals surface area (Å²) < 4.78 is 33.1. The largest absolute Gasteiger partial charge is 0.494 e. The first kappa shape index (κ1) is 24.7. The van der Waals surface area contributed by atoms with Crippen molar-refractivity contribution in [3.05, 3.63) is 36.9 Å². The third-order valence-corrected chi connectivity index (χ3v) is 7.52. The summed E-state index contributed by atoms with van der Waals surface area (Å²) in [6.07, 6.45) is 3.18. The van der Waals surface area contributed by atoms with Gasteiger partial charge in [0.1, 0.15) is 18.3 Å². The second kappa shape index (κ2) is 10.3. The van der Waals surface area contributed by atoms with Crippen LogP contribution in [-0.2, 0) is 19.6 Å². The van der Waals surface area contributed by atoms with Gasteiger partial charge in [0.25, 0.3) is 11.8 Å². The first-order chi connectivity index (χ1) is 15.7. The van der Waals surface area contributed by atoms with Crippen LogP contribution < -0.4 is 10.2 Å². The van der Waals surface area contributed by atoms with Crippen molar-refractivity contribution in [3.63, 3.8) is 0 Å². The van der Waals surface area contributed by atoms with Crippen LogP contribution >= 0.6 is 0 Å². The topological polar surface area (TPSA) is 137 Å². The molecule has 0 saturated carbocycles. The number of carbonyl (C=O) groups is 3. The number of benzene rings is 1. The Balaban J connectivity index is 1.84. The molecule has 2 aliphatic heterocycles. The van der Waals surface area contributed by atoms with Gasteiger partial charge in [0.15, 0.2) is 0 Å². The summed E-state index contributed by atoms with van der Waals surface area (Å²) in [5.41, 5.74) is 1.48. The number of nitrogens with one attached hydrogen (secondary N) is 1. The molecule has 1 unspecified atom stereocenters. The molecule has 2 heterocycles. The van der Waals surface area contributed by atoms with Crippen molar-refractivity contribution in [2.24, 2.45) is 0 Å². The number of urea groups is 1. The minimum atomic E-state index is -4.18. The highest BCUT2D eigenvalue weighted by atomic mass is 32.2. The highest BCUT2D eigenvalue weighted by Gasteiger charge is 2.50. The molecule has 1 aromatic rings. The Labute approximate surface area is 192 Å². The summed E-state index contributed by atoms with van der Waals surface area (Å²) in [6.45, 7) is 5.85. The van der Waals surface area contributed by atoms with E-state index in [2.05, 4.69) is 6.58 Å². The lowest BCUT2D eigenvalue weighted by molar-refractivity contribution is -0.132. The highest BCUT2D eigenvalue weighted by Crippen LogP contribution is 2.31. The number of hydrogen-bond donors (Lipinski definition) is 2. The summed E-state index contributed by atoms with van der Waals surface area (Å²) in [7, 11) is -4.18. The van der Waals surface area contributed by atoms with Gasteiger partial charge in [0, 0.05) is 13.1 Å². The van der Waals surface area contributed by atoms with Crippen molar-refractivity contribution in [2.45, 2.75) is 43.2 Å². The van der Waals surface area contributed by atoms with Crippen LogP contribution in [0.15, 0.2) is 41.8 Å². The van der Waals surface area contributed by atoms with Gasteiger partial charge in [-0.15, -0.1) is 6.58 Å². The molecule has 0 bridgehead atoms. The molecule has 0 radical (unpaired) electrons. The zero-order valence-electron chi connectivity index (χ0n) is 18.3. The van der Waals surface area contributed by atoms with Crippen molar-refractivity contribution in [2.75, 3.05) is 26.2 Å². The number of ether oxygens (including phenoxy) is 1. The van der Waals surface area contributed by atoms with E-state index in [0.717, 1.165) is 22.0 Å². The van der Waals surface area contributed by atoms with E-state index >= 15 is 0 Å². The third-order valence-electron chi connectivity index (χ3n) is 5.63. The van der Waals surface area contributed by atoms with Crippen LogP contribution in [0.25, 0.3) is 0 Å². The van der Waals surface area contributed by atoms with Gasteiger partial charge in [-0.05, 0) is 37.1 Å². The van der Waals surface area contributed by atoms with Crippen molar-refractivity contribution < 1.29 is 32.7 Å². The number of rotatable bonds is 10. The Morgan fingerprint density at radius 3 is 2.61 bits per heavy atom. The van der Waals surface area contributed by atoms with E-state index in [4.69, 9.17) is 9.94 Å². The fourth-order valence-electron chi connectivity index (χ4n) is 3.95. The van der Waals surface area contributed by atoms with Gasteiger partial charge >= 0.3 is 6.03 Å². The van der Waals surface area contributed by atoms with Crippen LogP contribution in [0.1, 0.15) is 26.2 Å². The van der Waals surface area contributed by atoms with E-state index in [1.807, 2.05) is 6.92 Å². The SMILES string of the molecule is C=CCN1CC(=O)N(C2C[C@H](C(=O)NO)N(S(=O)(=O)c3ccc(OCCCC)cc3)C2)C1=O. The number of hydrogen-bond acceptors (Lipinski definition) is 7. The molecule has 2 saturated heterocycles. The third kappa shape index (κ3) is 5.02. The number of hydroxylamine groups is 1. The predicted octanol–water partition coefficient (Wildman–Crippen LogP) is 0.953. The van der Waals surface area contributed by atoms with Gasteiger partial charge in [-0.2, -0.15) is 4.31 Å². The Bertz CT molecular complexity index is 1010. The van der Waals surface area contributed by atoms with E-state index in [1.54, 1.807) is 0 Å². The maximum absolute atomic E-state index is 13.3. The second-order valence-corrected chi connectivity index (χ2v) is 9.74. The molecule has 0 aliphatic carbocycles. The standard InChI is InChI=1S/C21H28N4O7S/c1-3-5-11-32-16-6-8-17(9-7-16)33(30,31)24-13-15(12-18(24)20(27)22-29)25-19(26)14-23(10-4-2)21(25)28/h4,6-9,15,18,29H,2-3,5,10-14H2,1H3,(H,22,27)/t15?,18-/m1/s1. The maximum Gasteiger partial charge on any atom is 0.327 e. The summed E-state index contributed by atoms with van der Waals surface area (Å²) in [5.74, 6) is -0.910. The van der Waals surface area contributed by atoms with Gasteiger partial charge in [0.2, 0.25) is 10.0 Å². The van der Waals surface area contributed by atoms with Crippen LogP contribution in [0.5, 0.6) is 5.75 Å². The summed E-state index contributed by atoms with van der Waals surface area (Å²) in [6, 6.07) is 3.08. The highest BCUT2D eigenvalue weighted by molar-refractivity contribution is 7.89. The molecular formula is C21H28N4O7S. The van der Waals surface area contributed by atoms with Crippen molar-refractivity contribution >= 4 is 27.9 Å². The van der Waals surface area contributed by atoms with Crippen LogP contribution in [0.2, 0.25) is 0 Å². The monoisotopic (exact) mass is 480 g/mol. The first-order valence-electron chi connectivity index (χ1n) is 10.6. The molecular weight excluding hydrogens is 452 g/mol. The molecule has 2 atom stereocenters. The average molecular weight is 481 g/mol. The lowest BCUT2D eigenvalue weighted by Crippen LogP contribution is -2.45. The Morgan fingerprint density at radius 2 is 2.00 bits per heavy atom. The van der Waals surface area contributed by atoms with Crippen molar-refractivity contribution in [3.8, 4) is 5.75 Å². The van der Waals surface area contributed by atoms with Crippen LogP contribution in [-0.4, -0.2) is 83.9 Å². The van der Waals surface area contributed by atoms with Gasteiger partial charge in [-0.1, -0.05) is 19.4 Å². The number of unbranched alkanes of at least 4 members (excludes halogenated alkanes) is 1. The van der Waals surface area contributed by atoms with Crippen molar-refractivity contribution in [1.29, 1.82) is 0 Å². The second-order valence-electron chi connectivity index (χ2n) is 7.85. The molecule has 2 aliphatic rings. The van der Waals surface area contributed by atoms with Gasteiger partial charge in [-0.3, -0.25) is 19.7 Å². The van der Waals surface area contributed by atoms with Gasteiger partial charge in [-0.25, -0.2) is 18.7 Å². The summed E-state index contributed by atoms with van der Waals surface area (Å²) >= 11 is 0. The van der Waals surface area contributed by atoms with Crippen LogP contribution in [0, 0.1) is 0 Å². The van der Waals surface area contributed by atoms with Gasteiger partial charge < -0.3 is 9.64 Å². The number of sulfonamides is 1. The molecule has 3 rings (SSSR count). The summed E-state index contributed by atoms with van der Waals surface area (Å²) in [5, 5.41) is 9.15. The molecule has 33 heavy (non-hydrogen) atoms. The molecule has 0 aromatic heterocycles. The Kier molecular flexibility index (Phi) is 7.72. The summed E-state index contributed by atoms with van der Waals surface area (Å²) in [4.78, 5) is 39.6. The molecule has 12 heteroatoms. The Hall–Kier alpha value is -2.96. The molecule has 4 amide bonds. The quantitative estimate of drug-likeness (QED) is 0.167. The van der Waals surface area contributed by atoms with Gasteiger partial charge in [0.05, 0.1) is 17.5 Å². The predicted molar refractivity (Wildman–Crippen MR) is 117 cm³/mol. The number of amides is 4. The molecule has 1 aromatic carbocycles. The Morgan fingerprint density at radius 1 is 1.30 bits per heavy atom. The smallest absolute Gasteiger partial charge is 0.327 e. The molecule has 11 nitrogen and oxygen atoms in total. The van der Waals surface area contributed by atoms with Crippen LogP contribution in [0.4, 0.5) is 4.79 Å². The zero-order valence-corrected chi connectivity index (χ0v) is 19.2. The number of carbonyl (C=O) groups excluding carboxylic acids is 3. The van der Waals surface area contributed by atoms with Crippen LogP contribution in [0.3, 0.4) is 0 Å². The number of imide groups is 1. The fraction of sp³-hybridized carbons (Fsp3) is 0.476. The fourth-order valence-corrected chi connectivity index (χ4v) is 5.59. The van der Waals surface area contributed by atoms with E-state index in [1.165, 1.54) is 40.7 Å². The van der Waals surface area contributed by atoms with E-state index < -0.39 is 40.0 Å². The minimum Gasteiger partial charge on any atom is -0.494 e.